The van der Waals surface area contributed by atoms with Crippen LogP contribution < -0.4 is 11.5 Å². The fourth-order valence-corrected chi connectivity index (χ4v) is 2.03. The van der Waals surface area contributed by atoms with Crippen LogP contribution in [0.5, 0.6) is 0 Å². The van der Waals surface area contributed by atoms with Gasteiger partial charge in [0.2, 0.25) is 0 Å². The third-order valence-electron chi connectivity index (χ3n) is 2.98. The SMILES string of the molecule is COC(=O)C(N)CC1CCC(N)CC1. The lowest BCUT2D eigenvalue weighted by Gasteiger charge is -2.27. The van der Waals surface area contributed by atoms with Gasteiger partial charge in [-0.05, 0) is 38.0 Å². The van der Waals surface area contributed by atoms with Crippen molar-refractivity contribution in [1.29, 1.82) is 0 Å². The van der Waals surface area contributed by atoms with Crippen molar-refractivity contribution < 1.29 is 9.53 Å². The predicted molar refractivity (Wildman–Crippen MR) is 54.5 cm³/mol. The van der Waals surface area contributed by atoms with E-state index in [0.717, 1.165) is 32.1 Å². The average molecular weight is 200 g/mol. The molecule has 0 amide bonds. The topological polar surface area (TPSA) is 78.3 Å². The van der Waals surface area contributed by atoms with Gasteiger partial charge in [0, 0.05) is 6.04 Å². The zero-order chi connectivity index (χ0) is 10.6. The molecule has 14 heavy (non-hydrogen) atoms. The lowest BCUT2D eigenvalue weighted by Crippen LogP contribution is -2.35. The van der Waals surface area contributed by atoms with Gasteiger partial charge in [-0.3, -0.25) is 4.79 Å². The second kappa shape index (κ2) is 5.32. The summed E-state index contributed by atoms with van der Waals surface area (Å²) in [4.78, 5) is 11.1. The van der Waals surface area contributed by atoms with Crippen LogP contribution in [0.25, 0.3) is 0 Å². The first kappa shape index (κ1) is 11.5. The van der Waals surface area contributed by atoms with Crippen molar-refractivity contribution in [2.45, 2.75) is 44.2 Å². The summed E-state index contributed by atoms with van der Waals surface area (Å²) in [5, 5.41) is 0. The Morgan fingerprint density at radius 3 is 2.50 bits per heavy atom. The number of esters is 1. The van der Waals surface area contributed by atoms with Gasteiger partial charge in [0.25, 0.3) is 0 Å². The molecule has 1 atom stereocenters. The predicted octanol–water partition coefficient (Wildman–Crippen LogP) is 0.394. The van der Waals surface area contributed by atoms with Crippen LogP contribution in [0.1, 0.15) is 32.1 Å². The van der Waals surface area contributed by atoms with Gasteiger partial charge in [0.1, 0.15) is 6.04 Å². The largest absolute Gasteiger partial charge is 0.468 e. The first-order valence-corrected chi connectivity index (χ1v) is 5.22. The molecule has 1 fully saturated rings. The highest BCUT2D eigenvalue weighted by Gasteiger charge is 2.23. The number of rotatable bonds is 3. The average Bonchev–Trinajstić information content (AvgIpc) is 2.20. The van der Waals surface area contributed by atoms with Crippen LogP contribution in [-0.2, 0) is 9.53 Å². The smallest absolute Gasteiger partial charge is 0.322 e. The lowest BCUT2D eigenvalue weighted by atomic mass is 9.83. The minimum atomic E-state index is -0.459. The Labute approximate surface area is 85.0 Å². The van der Waals surface area contributed by atoms with E-state index in [0.29, 0.717) is 12.0 Å². The van der Waals surface area contributed by atoms with Crippen LogP contribution in [0.15, 0.2) is 0 Å². The molecule has 4 N–H and O–H groups in total. The normalized spacial score (nSPS) is 29.6. The molecule has 4 heteroatoms. The molecule has 82 valence electrons. The molecule has 4 nitrogen and oxygen atoms in total. The van der Waals surface area contributed by atoms with Gasteiger partial charge in [-0.15, -0.1) is 0 Å². The Morgan fingerprint density at radius 2 is 2.00 bits per heavy atom. The van der Waals surface area contributed by atoms with E-state index in [4.69, 9.17) is 11.5 Å². The number of methoxy groups -OCH3 is 1. The second-order valence-corrected chi connectivity index (χ2v) is 4.15. The minimum absolute atomic E-state index is 0.306. The van der Waals surface area contributed by atoms with Gasteiger partial charge in [0.15, 0.2) is 0 Å². The van der Waals surface area contributed by atoms with Crippen LogP contribution in [0, 0.1) is 5.92 Å². The molecular weight excluding hydrogens is 180 g/mol. The fraction of sp³-hybridized carbons (Fsp3) is 0.900. The number of carbonyl (C=O) groups excluding carboxylic acids is 1. The number of ether oxygens (including phenoxy) is 1. The lowest BCUT2D eigenvalue weighted by molar-refractivity contribution is -0.142. The Hall–Kier alpha value is -0.610. The molecule has 1 aliphatic carbocycles. The van der Waals surface area contributed by atoms with Crippen LogP contribution >= 0.6 is 0 Å². The van der Waals surface area contributed by atoms with E-state index in [2.05, 4.69) is 4.74 Å². The summed E-state index contributed by atoms with van der Waals surface area (Å²) in [5.41, 5.74) is 11.5. The van der Waals surface area contributed by atoms with E-state index in [1.807, 2.05) is 0 Å². The Balaban J connectivity index is 2.27. The first-order chi connectivity index (χ1) is 6.63. The number of hydrogen-bond acceptors (Lipinski definition) is 4. The van der Waals surface area contributed by atoms with E-state index >= 15 is 0 Å². The number of nitrogens with two attached hydrogens (primary N) is 2. The molecule has 0 aromatic carbocycles. The molecule has 1 saturated carbocycles. The van der Waals surface area contributed by atoms with E-state index in [1.54, 1.807) is 0 Å². The summed E-state index contributed by atoms with van der Waals surface area (Å²) in [6.07, 6.45) is 5.02. The number of hydrogen-bond donors (Lipinski definition) is 2. The maximum Gasteiger partial charge on any atom is 0.322 e. The van der Waals surface area contributed by atoms with Crippen molar-refractivity contribution in [3.63, 3.8) is 0 Å². The van der Waals surface area contributed by atoms with Crippen LogP contribution in [0.3, 0.4) is 0 Å². The van der Waals surface area contributed by atoms with E-state index in [9.17, 15) is 4.79 Å². The molecule has 1 unspecified atom stereocenters. The van der Waals surface area contributed by atoms with Gasteiger partial charge in [0.05, 0.1) is 7.11 Å². The highest BCUT2D eigenvalue weighted by molar-refractivity contribution is 5.75. The van der Waals surface area contributed by atoms with Gasteiger partial charge in [-0.25, -0.2) is 0 Å². The van der Waals surface area contributed by atoms with Crippen molar-refractivity contribution in [1.82, 2.24) is 0 Å². The second-order valence-electron chi connectivity index (χ2n) is 4.15. The summed E-state index contributed by atoms with van der Waals surface area (Å²) >= 11 is 0. The highest BCUT2D eigenvalue weighted by atomic mass is 16.5. The van der Waals surface area contributed by atoms with Gasteiger partial charge in [-0.2, -0.15) is 0 Å². The zero-order valence-electron chi connectivity index (χ0n) is 8.74. The molecule has 1 aliphatic rings. The molecule has 0 saturated heterocycles. The van der Waals surface area contributed by atoms with E-state index in [1.165, 1.54) is 7.11 Å². The molecule has 0 heterocycles. The van der Waals surface area contributed by atoms with Crippen molar-refractivity contribution in [2.24, 2.45) is 17.4 Å². The molecule has 0 spiro atoms. The summed E-state index contributed by atoms with van der Waals surface area (Å²) in [5.74, 6) is 0.240. The van der Waals surface area contributed by atoms with Crippen LogP contribution in [0.2, 0.25) is 0 Å². The van der Waals surface area contributed by atoms with Crippen molar-refractivity contribution in [3.8, 4) is 0 Å². The highest BCUT2D eigenvalue weighted by Crippen LogP contribution is 2.26. The van der Waals surface area contributed by atoms with Crippen LogP contribution in [0.4, 0.5) is 0 Å². The first-order valence-electron chi connectivity index (χ1n) is 5.22. The van der Waals surface area contributed by atoms with E-state index < -0.39 is 6.04 Å². The summed E-state index contributed by atoms with van der Waals surface area (Å²) in [6, 6.07) is -0.111. The molecular formula is C10H20N2O2. The standard InChI is InChI=1S/C10H20N2O2/c1-14-10(13)9(12)6-7-2-4-8(11)5-3-7/h7-9H,2-6,11-12H2,1H3. The molecule has 0 aromatic heterocycles. The van der Waals surface area contributed by atoms with Gasteiger partial charge in [-0.1, -0.05) is 0 Å². The molecule has 0 radical (unpaired) electrons. The monoisotopic (exact) mass is 200 g/mol. The van der Waals surface area contributed by atoms with Gasteiger partial charge >= 0.3 is 5.97 Å². The van der Waals surface area contributed by atoms with Crippen LogP contribution in [-0.4, -0.2) is 25.2 Å². The van der Waals surface area contributed by atoms with Crippen molar-refractivity contribution in [2.75, 3.05) is 7.11 Å². The maximum absolute atomic E-state index is 11.1. The van der Waals surface area contributed by atoms with E-state index in [-0.39, 0.29) is 5.97 Å². The third kappa shape index (κ3) is 3.27. The summed E-state index contributed by atoms with van der Waals surface area (Å²) in [6.45, 7) is 0. The zero-order valence-corrected chi connectivity index (χ0v) is 8.74. The van der Waals surface area contributed by atoms with Crippen molar-refractivity contribution >= 4 is 5.97 Å². The Kier molecular flexibility index (Phi) is 4.35. The molecule has 1 rings (SSSR count). The molecule has 0 bridgehead atoms. The Morgan fingerprint density at radius 1 is 1.43 bits per heavy atom. The van der Waals surface area contributed by atoms with Gasteiger partial charge < -0.3 is 16.2 Å². The summed E-state index contributed by atoms with van der Waals surface area (Å²) < 4.78 is 4.59. The van der Waals surface area contributed by atoms with Crippen molar-refractivity contribution in [3.05, 3.63) is 0 Å². The fourth-order valence-electron chi connectivity index (χ4n) is 2.03. The Bertz CT molecular complexity index is 189. The molecule has 0 aliphatic heterocycles. The molecule has 0 aromatic rings. The summed E-state index contributed by atoms with van der Waals surface area (Å²) in [7, 11) is 1.37. The quantitative estimate of drug-likeness (QED) is 0.646. The third-order valence-corrected chi connectivity index (χ3v) is 2.98. The minimum Gasteiger partial charge on any atom is -0.468 e. The number of carbonyl (C=O) groups is 1. The maximum atomic E-state index is 11.1.